The van der Waals surface area contributed by atoms with Gasteiger partial charge in [0.05, 0.1) is 5.69 Å². The second-order valence-electron chi connectivity index (χ2n) is 5.86. The topological polar surface area (TPSA) is 50.7 Å². The van der Waals surface area contributed by atoms with Crippen molar-refractivity contribution in [3.05, 3.63) is 66.1 Å². The lowest BCUT2D eigenvalue weighted by atomic mass is 10.0. The van der Waals surface area contributed by atoms with Gasteiger partial charge in [0, 0.05) is 29.8 Å². The van der Waals surface area contributed by atoms with Gasteiger partial charge in [-0.25, -0.2) is 9.97 Å². The zero-order valence-electron chi connectivity index (χ0n) is 13.6. The first kappa shape index (κ1) is 15.2. The van der Waals surface area contributed by atoms with E-state index in [2.05, 4.69) is 59.2 Å². The molecule has 0 atom stereocenters. The summed E-state index contributed by atoms with van der Waals surface area (Å²) in [5.41, 5.74) is 5.34. The minimum absolute atomic E-state index is 0.485. The highest BCUT2D eigenvalue weighted by Crippen LogP contribution is 2.25. The van der Waals surface area contributed by atoms with Crippen molar-refractivity contribution in [3.8, 4) is 11.3 Å². The first-order valence-corrected chi connectivity index (χ1v) is 7.74. The first-order chi connectivity index (χ1) is 11.1. The van der Waals surface area contributed by atoms with Crippen molar-refractivity contribution in [3.63, 3.8) is 0 Å². The van der Waals surface area contributed by atoms with E-state index < -0.39 is 0 Å². The van der Waals surface area contributed by atoms with E-state index in [0.717, 1.165) is 16.9 Å². The highest BCUT2D eigenvalue weighted by molar-refractivity contribution is 5.63. The molecule has 2 heterocycles. The van der Waals surface area contributed by atoms with Crippen molar-refractivity contribution in [2.24, 2.45) is 0 Å². The highest BCUT2D eigenvalue weighted by atomic mass is 15.1. The zero-order valence-corrected chi connectivity index (χ0v) is 13.6. The van der Waals surface area contributed by atoms with Gasteiger partial charge in [-0.3, -0.25) is 4.98 Å². The average Bonchev–Trinajstić information content (AvgIpc) is 2.58. The monoisotopic (exact) mass is 304 g/mol. The molecule has 0 radical (unpaired) electrons. The van der Waals surface area contributed by atoms with E-state index >= 15 is 0 Å². The molecule has 4 nitrogen and oxygen atoms in total. The molecule has 3 rings (SSSR count). The fraction of sp³-hybridized carbons (Fsp3) is 0.211. The molecule has 2 aromatic heterocycles. The van der Waals surface area contributed by atoms with Gasteiger partial charge in [-0.2, -0.15) is 0 Å². The van der Waals surface area contributed by atoms with Gasteiger partial charge in [0.25, 0.3) is 0 Å². The number of aromatic nitrogens is 3. The molecular formula is C19H20N4. The SMILES string of the molecule is Cc1ccc(C(C)C)cc1Nc1nccc(-c2cccnc2)n1. The van der Waals surface area contributed by atoms with Crippen molar-refractivity contribution >= 4 is 11.6 Å². The van der Waals surface area contributed by atoms with Crippen LogP contribution in [0.4, 0.5) is 11.6 Å². The third-order valence-corrected chi connectivity index (χ3v) is 3.79. The van der Waals surface area contributed by atoms with E-state index in [1.807, 2.05) is 18.2 Å². The maximum atomic E-state index is 4.59. The van der Waals surface area contributed by atoms with Gasteiger partial charge in [0.2, 0.25) is 5.95 Å². The summed E-state index contributed by atoms with van der Waals surface area (Å²) in [6.45, 7) is 6.46. The molecule has 0 aliphatic rings. The van der Waals surface area contributed by atoms with Crippen molar-refractivity contribution in [1.29, 1.82) is 0 Å². The summed E-state index contributed by atoms with van der Waals surface area (Å²) in [6, 6.07) is 12.2. The van der Waals surface area contributed by atoms with E-state index in [1.165, 1.54) is 11.1 Å². The normalized spacial score (nSPS) is 10.8. The van der Waals surface area contributed by atoms with Gasteiger partial charge < -0.3 is 5.32 Å². The number of nitrogens with zero attached hydrogens (tertiary/aromatic N) is 3. The largest absolute Gasteiger partial charge is 0.324 e. The summed E-state index contributed by atoms with van der Waals surface area (Å²) < 4.78 is 0. The molecule has 23 heavy (non-hydrogen) atoms. The molecule has 0 unspecified atom stereocenters. The highest BCUT2D eigenvalue weighted by Gasteiger charge is 2.07. The number of rotatable bonds is 4. The molecule has 0 fully saturated rings. The Balaban J connectivity index is 1.91. The van der Waals surface area contributed by atoms with Gasteiger partial charge in [0.15, 0.2) is 0 Å². The summed E-state index contributed by atoms with van der Waals surface area (Å²) in [5, 5.41) is 3.33. The summed E-state index contributed by atoms with van der Waals surface area (Å²) in [4.78, 5) is 13.1. The first-order valence-electron chi connectivity index (χ1n) is 7.74. The minimum Gasteiger partial charge on any atom is -0.324 e. The number of hydrogen-bond acceptors (Lipinski definition) is 4. The van der Waals surface area contributed by atoms with Crippen LogP contribution in [0, 0.1) is 6.92 Å². The molecule has 1 N–H and O–H groups in total. The summed E-state index contributed by atoms with van der Waals surface area (Å²) in [6.07, 6.45) is 5.32. The predicted octanol–water partition coefficient (Wildman–Crippen LogP) is 4.71. The number of pyridine rings is 1. The van der Waals surface area contributed by atoms with E-state index in [0.29, 0.717) is 11.9 Å². The van der Waals surface area contributed by atoms with Crippen LogP contribution in [0.15, 0.2) is 55.0 Å². The van der Waals surface area contributed by atoms with Gasteiger partial charge >= 0.3 is 0 Å². The molecule has 4 heteroatoms. The smallest absolute Gasteiger partial charge is 0.227 e. The number of hydrogen-bond donors (Lipinski definition) is 1. The van der Waals surface area contributed by atoms with Crippen LogP contribution in [-0.2, 0) is 0 Å². The van der Waals surface area contributed by atoms with Gasteiger partial charge in [-0.05, 0) is 48.2 Å². The Hall–Kier alpha value is -2.75. The van der Waals surface area contributed by atoms with Crippen molar-refractivity contribution < 1.29 is 0 Å². The minimum atomic E-state index is 0.485. The Labute approximate surface area is 136 Å². The standard InChI is InChI=1S/C19H20N4/c1-13(2)15-7-6-14(3)18(11-15)23-19-21-10-8-17(22-19)16-5-4-9-20-12-16/h4-13H,1-3H3,(H,21,22,23). The molecule has 116 valence electrons. The van der Waals surface area contributed by atoms with Crippen LogP contribution in [0.5, 0.6) is 0 Å². The van der Waals surface area contributed by atoms with Crippen LogP contribution in [0.3, 0.4) is 0 Å². The molecule has 0 saturated heterocycles. The Morgan fingerprint density at radius 1 is 1.04 bits per heavy atom. The number of aryl methyl sites for hydroxylation is 1. The summed E-state index contributed by atoms with van der Waals surface area (Å²) in [7, 11) is 0. The Bertz CT molecular complexity index is 797. The fourth-order valence-corrected chi connectivity index (χ4v) is 2.35. The Morgan fingerprint density at radius 2 is 1.91 bits per heavy atom. The lowest BCUT2D eigenvalue weighted by Gasteiger charge is -2.13. The van der Waals surface area contributed by atoms with Crippen molar-refractivity contribution in [1.82, 2.24) is 15.0 Å². The van der Waals surface area contributed by atoms with Gasteiger partial charge in [0.1, 0.15) is 0 Å². The van der Waals surface area contributed by atoms with Crippen molar-refractivity contribution in [2.45, 2.75) is 26.7 Å². The molecule has 3 aromatic rings. The molecule has 0 aliphatic carbocycles. The molecule has 0 spiro atoms. The van der Waals surface area contributed by atoms with E-state index in [9.17, 15) is 0 Å². The number of benzene rings is 1. The maximum absolute atomic E-state index is 4.59. The zero-order chi connectivity index (χ0) is 16.2. The van der Waals surface area contributed by atoms with Crippen molar-refractivity contribution in [2.75, 3.05) is 5.32 Å². The number of nitrogens with one attached hydrogen (secondary N) is 1. The fourth-order valence-electron chi connectivity index (χ4n) is 2.35. The Kier molecular flexibility index (Phi) is 4.33. The second kappa shape index (κ2) is 6.57. The molecular weight excluding hydrogens is 284 g/mol. The van der Waals surface area contributed by atoms with Crippen LogP contribution < -0.4 is 5.32 Å². The van der Waals surface area contributed by atoms with E-state index in [1.54, 1.807) is 18.6 Å². The lowest BCUT2D eigenvalue weighted by molar-refractivity contribution is 0.866. The molecule has 0 aliphatic heterocycles. The van der Waals surface area contributed by atoms with Crippen LogP contribution in [0.1, 0.15) is 30.9 Å². The summed E-state index contributed by atoms with van der Waals surface area (Å²) in [5.74, 6) is 1.08. The van der Waals surface area contributed by atoms with Gasteiger partial charge in [-0.15, -0.1) is 0 Å². The lowest BCUT2D eigenvalue weighted by Crippen LogP contribution is -2.01. The average molecular weight is 304 g/mol. The molecule has 0 saturated carbocycles. The molecule has 0 bridgehead atoms. The number of anilines is 2. The van der Waals surface area contributed by atoms with Crippen LogP contribution in [0.25, 0.3) is 11.3 Å². The third-order valence-electron chi connectivity index (χ3n) is 3.79. The third kappa shape index (κ3) is 3.54. The second-order valence-corrected chi connectivity index (χ2v) is 5.86. The molecule has 1 aromatic carbocycles. The molecule has 0 amide bonds. The van der Waals surface area contributed by atoms with Crippen LogP contribution in [0.2, 0.25) is 0 Å². The van der Waals surface area contributed by atoms with Crippen LogP contribution in [-0.4, -0.2) is 15.0 Å². The Morgan fingerprint density at radius 3 is 2.65 bits per heavy atom. The summed E-state index contributed by atoms with van der Waals surface area (Å²) >= 11 is 0. The van der Waals surface area contributed by atoms with Crippen LogP contribution >= 0.6 is 0 Å². The van der Waals surface area contributed by atoms with E-state index in [-0.39, 0.29) is 0 Å². The van der Waals surface area contributed by atoms with Gasteiger partial charge in [-0.1, -0.05) is 26.0 Å². The predicted molar refractivity (Wildman–Crippen MR) is 93.8 cm³/mol. The van der Waals surface area contributed by atoms with E-state index in [4.69, 9.17) is 0 Å². The maximum Gasteiger partial charge on any atom is 0.227 e. The quantitative estimate of drug-likeness (QED) is 0.758.